The maximum atomic E-state index is 11.4. The van der Waals surface area contributed by atoms with E-state index >= 15 is 0 Å². The first-order chi connectivity index (χ1) is 9.17. The highest BCUT2D eigenvalue weighted by Gasteiger charge is 2.14. The fourth-order valence-electron chi connectivity index (χ4n) is 1.77. The zero-order valence-electron chi connectivity index (χ0n) is 10.1. The number of H-pyrrole nitrogens is 1. The Morgan fingerprint density at radius 2 is 2.37 bits per heavy atom. The van der Waals surface area contributed by atoms with Crippen molar-refractivity contribution < 1.29 is 0 Å². The van der Waals surface area contributed by atoms with Gasteiger partial charge in [-0.2, -0.15) is 0 Å². The van der Waals surface area contributed by atoms with E-state index in [1.807, 2.05) is 16.0 Å². The van der Waals surface area contributed by atoms with Gasteiger partial charge in [-0.1, -0.05) is 0 Å². The molecule has 0 bridgehead atoms. The van der Waals surface area contributed by atoms with Gasteiger partial charge in [-0.3, -0.25) is 9.20 Å². The second-order valence-corrected chi connectivity index (χ2v) is 5.77. The van der Waals surface area contributed by atoms with Gasteiger partial charge in [-0.15, -0.1) is 11.3 Å². The number of hydrogen-bond donors (Lipinski definition) is 2. The van der Waals surface area contributed by atoms with Crippen LogP contribution in [0.1, 0.15) is 11.4 Å². The third-order valence-corrected chi connectivity index (χ3v) is 4.22. The number of nitrogens with two attached hydrogens (primary N) is 1. The number of aromatic amines is 1. The minimum absolute atomic E-state index is 0.162. The summed E-state index contributed by atoms with van der Waals surface area (Å²) in [6.07, 6.45) is 1.94. The molecule has 6 nitrogen and oxygen atoms in total. The average Bonchev–Trinajstić information content (AvgIpc) is 2.87. The maximum Gasteiger partial charge on any atom is 0.251 e. The molecule has 0 saturated heterocycles. The number of aryl methyl sites for hydroxylation is 1. The Labute approximate surface area is 116 Å². The van der Waals surface area contributed by atoms with Gasteiger partial charge in [0.25, 0.3) is 5.56 Å². The molecule has 3 aromatic rings. The molecule has 98 valence electrons. The predicted octanol–water partition coefficient (Wildman–Crippen LogP) is 1.40. The number of hydrogen-bond acceptors (Lipinski definition) is 6. The minimum Gasteiger partial charge on any atom is -0.325 e. The SMILES string of the molecule is Cc1cc(=O)[nH]c(Sc2nc3sccn3c2CN)n1. The fraction of sp³-hybridized carbons (Fsp3) is 0.182. The second kappa shape index (κ2) is 4.80. The Balaban J connectivity index is 2.04. The molecule has 0 atom stereocenters. The third-order valence-electron chi connectivity index (χ3n) is 2.56. The molecule has 0 amide bonds. The van der Waals surface area contributed by atoms with Gasteiger partial charge in [-0.05, 0) is 18.7 Å². The molecular formula is C11H11N5OS2. The number of fused-ring (bicyclic) bond motifs is 1. The highest BCUT2D eigenvalue weighted by Crippen LogP contribution is 2.29. The van der Waals surface area contributed by atoms with Crippen molar-refractivity contribution in [1.29, 1.82) is 0 Å². The van der Waals surface area contributed by atoms with Crippen LogP contribution in [0.15, 0.2) is 32.6 Å². The lowest BCUT2D eigenvalue weighted by Crippen LogP contribution is -2.08. The van der Waals surface area contributed by atoms with E-state index in [2.05, 4.69) is 15.0 Å². The van der Waals surface area contributed by atoms with Crippen molar-refractivity contribution in [3.63, 3.8) is 0 Å². The molecule has 19 heavy (non-hydrogen) atoms. The summed E-state index contributed by atoms with van der Waals surface area (Å²) in [5.41, 5.74) is 7.21. The summed E-state index contributed by atoms with van der Waals surface area (Å²) in [6, 6.07) is 1.46. The van der Waals surface area contributed by atoms with Crippen LogP contribution in [-0.4, -0.2) is 19.4 Å². The molecule has 0 unspecified atom stereocenters. The average molecular weight is 293 g/mol. The van der Waals surface area contributed by atoms with Crippen molar-refractivity contribution in [3.8, 4) is 0 Å². The Morgan fingerprint density at radius 1 is 1.53 bits per heavy atom. The van der Waals surface area contributed by atoms with Crippen LogP contribution < -0.4 is 11.3 Å². The van der Waals surface area contributed by atoms with Gasteiger partial charge in [0, 0.05) is 29.9 Å². The first-order valence-corrected chi connectivity index (χ1v) is 7.27. The van der Waals surface area contributed by atoms with Gasteiger partial charge in [0.15, 0.2) is 10.1 Å². The van der Waals surface area contributed by atoms with Gasteiger partial charge >= 0.3 is 0 Å². The van der Waals surface area contributed by atoms with Gasteiger partial charge in [0.1, 0.15) is 5.03 Å². The summed E-state index contributed by atoms with van der Waals surface area (Å²) in [5.74, 6) is 0. The van der Waals surface area contributed by atoms with Gasteiger partial charge in [0.2, 0.25) is 0 Å². The molecule has 0 saturated carbocycles. The fourth-order valence-corrected chi connectivity index (χ4v) is 3.52. The first-order valence-electron chi connectivity index (χ1n) is 5.57. The lowest BCUT2D eigenvalue weighted by molar-refractivity contribution is 0.891. The van der Waals surface area contributed by atoms with Crippen molar-refractivity contribution in [2.24, 2.45) is 5.73 Å². The van der Waals surface area contributed by atoms with Crippen LogP contribution in [0.3, 0.4) is 0 Å². The van der Waals surface area contributed by atoms with Crippen LogP contribution in [0.4, 0.5) is 0 Å². The first kappa shape index (κ1) is 12.4. The van der Waals surface area contributed by atoms with Crippen LogP contribution in [0.25, 0.3) is 4.96 Å². The summed E-state index contributed by atoms with van der Waals surface area (Å²) < 4.78 is 1.96. The summed E-state index contributed by atoms with van der Waals surface area (Å²) in [7, 11) is 0. The van der Waals surface area contributed by atoms with Crippen molar-refractivity contribution >= 4 is 28.1 Å². The molecule has 0 aromatic carbocycles. The Bertz CT molecular complexity index is 788. The number of nitrogens with one attached hydrogen (secondary N) is 1. The number of rotatable bonds is 3. The summed E-state index contributed by atoms with van der Waals surface area (Å²) in [5, 5.41) is 3.27. The topological polar surface area (TPSA) is 89.1 Å². The highest BCUT2D eigenvalue weighted by molar-refractivity contribution is 7.99. The molecule has 0 radical (unpaired) electrons. The van der Waals surface area contributed by atoms with Crippen LogP contribution in [0, 0.1) is 6.92 Å². The third kappa shape index (κ3) is 2.29. The van der Waals surface area contributed by atoms with E-state index in [0.717, 1.165) is 15.7 Å². The predicted molar refractivity (Wildman–Crippen MR) is 74.7 cm³/mol. The summed E-state index contributed by atoms with van der Waals surface area (Å²) >= 11 is 2.87. The van der Waals surface area contributed by atoms with E-state index in [4.69, 9.17) is 5.73 Å². The van der Waals surface area contributed by atoms with E-state index in [-0.39, 0.29) is 5.56 Å². The number of aromatic nitrogens is 4. The molecule has 3 aromatic heterocycles. The molecule has 0 spiro atoms. The standard InChI is InChI=1S/C11H11N5OS2/c1-6-4-8(17)14-10(13-6)19-9-7(5-12)16-2-3-18-11(16)15-9/h2-4H,5,12H2,1H3,(H,13,14,17). The molecule has 8 heteroatoms. The number of thiazole rings is 1. The maximum absolute atomic E-state index is 11.4. The molecule has 3 N–H and O–H groups in total. The Morgan fingerprint density at radius 3 is 3.11 bits per heavy atom. The highest BCUT2D eigenvalue weighted by atomic mass is 32.2. The zero-order chi connectivity index (χ0) is 13.4. The second-order valence-electron chi connectivity index (χ2n) is 3.92. The zero-order valence-corrected chi connectivity index (χ0v) is 11.7. The van der Waals surface area contributed by atoms with Crippen LogP contribution in [0.2, 0.25) is 0 Å². The Hall–Kier alpha value is -1.64. The molecule has 0 fully saturated rings. The molecular weight excluding hydrogens is 282 g/mol. The van der Waals surface area contributed by atoms with Crippen LogP contribution in [-0.2, 0) is 6.54 Å². The van der Waals surface area contributed by atoms with E-state index in [1.165, 1.54) is 17.8 Å². The number of nitrogens with zero attached hydrogens (tertiary/aromatic N) is 3. The molecule has 0 aliphatic heterocycles. The Kier molecular flexibility index (Phi) is 3.13. The quantitative estimate of drug-likeness (QED) is 0.712. The van der Waals surface area contributed by atoms with E-state index in [0.29, 0.717) is 17.4 Å². The largest absolute Gasteiger partial charge is 0.325 e. The van der Waals surface area contributed by atoms with Crippen LogP contribution in [0.5, 0.6) is 0 Å². The molecule has 3 rings (SSSR count). The van der Waals surface area contributed by atoms with Crippen molar-refractivity contribution in [1.82, 2.24) is 19.4 Å². The number of imidazole rings is 1. The van der Waals surface area contributed by atoms with E-state index in [1.54, 1.807) is 18.3 Å². The van der Waals surface area contributed by atoms with Gasteiger partial charge < -0.3 is 10.7 Å². The van der Waals surface area contributed by atoms with Crippen molar-refractivity contribution in [2.75, 3.05) is 0 Å². The lowest BCUT2D eigenvalue weighted by atomic mass is 10.5. The van der Waals surface area contributed by atoms with Crippen molar-refractivity contribution in [3.05, 3.63) is 39.4 Å². The minimum atomic E-state index is -0.162. The van der Waals surface area contributed by atoms with E-state index < -0.39 is 0 Å². The molecule has 3 heterocycles. The van der Waals surface area contributed by atoms with Gasteiger partial charge in [-0.25, -0.2) is 9.97 Å². The summed E-state index contributed by atoms with van der Waals surface area (Å²) in [6.45, 7) is 2.17. The normalized spacial score (nSPS) is 11.3. The lowest BCUT2D eigenvalue weighted by Gasteiger charge is -2.01. The van der Waals surface area contributed by atoms with E-state index in [9.17, 15) is 4.79 Å². The summed E-state index contributed by atoms with van der Waals surface area (Å²) in [4.78, 5) is 23.8. The monoisotopic (exact) mass is 293 g/mol. The molecule has 0 aliphatic rings. The van der Waals surface area contributed by atoms with Crippen molar-refractivity contribution in [2.45, 2.75) is 23.7 Å². The molecule has 0 aliphatic carbocycles. The van der Waals surface area contributed by atoms with Crippen LogP contribution >= 0.6 is 23.1 Å². The smallest absolute Gasteiger partial charge is 0.251 e. The van der Waals surface area contributed by atoms with Gasteiger partial charge in [0.05, 0.1) is 5.69 Å².